The van der Waals surface area contributed by atoms with Crippen molar-refractivity contribution in [1.29, 1.82) is 0 Å². The first-order valence-electron chi connectivity index (χ1n) is 7.85. The van der Waals surface area contributed by atoms with E-state index in [1.807, 2.05) is 13.8 Å². The molecule has 6 heteroatoms. The number of hydrogen-bond donors (Lipinski definition) is 2. The highest BCUT2D eigenvalue weighted by atomic mass is 16.2. The largest absolute Gasteiger partial charge is 0.355 e. The maximum atomic E-state index is 12.3. The summed E-state index contributed by atoms with van der Waals surface area (Å²) in [5.41, 5.74) is 0. The average Bonchev–Trinajstić information content (AvgIpc) is 3.02. The second-order valence-corrected chi connectivity index (χ2v) is 6.38. The second kappa shape index (κ2) is 7.02. The molecule has 0 aromatic rings. The maximum absolute atomic E-state index is 12.3. The molecule has 1 heterocycles. The van der Waals surface area contributed by atoms with E-state index in [1.54, 1.807) is 0 Å². The van der Waals surface area contributed by atoms with Crippen LogP contribution in [-0.2, 0) is 14.4 Å². The highest BCUT2D eigenvalue weighted by Gasteiger charge is 2.42. The lowest BCUT2D eigenvalue weighted by molar-refractivity contribution is -0.141. The molecule has 1 aliphatic heterocycles. The normalized spacial score (nSPS) is 23.4. The predicted molar refractivity (Wildman–Crippen MR) is 78.4 cm³/mol. The van der Waals surface area contributed by atoms with Crippen molar-refractivity contribution >= 4 is 17.7 Å². The van der Waals surface area contributed by atoms with Gasteiger partial charge in [-0.15, -0.1) is 0 Å². The third kappa shape index (κ3) is 4.03. The van der Waals surface area contributed by atoms with Gasteiger partial charge in [-0.05, 0) is 18.8 Å². The van der Waals surface area contributed by atoms with Crippen LogP contribution >= 0.6 is 0 Å². The number of imide groups is 1. The fourth-order valence-electron chi connectivity index (χ4n) is 2.95. The van der Waals surface area contributed by atoms with E-state index < -0.39 is 6.04 Å². The van der Waals surface area contributed by atoms with Gasteiger partial charge in [0.05, 0.1) is 19.0 Å². The first-order valence-corrected chi connectivity index (χ1v) is 7.85. The molecule has 0 aromatic carbocycles. The van der Waals surface area contributed by atoms with Gasteiger partial charge >= 0.3 is 0 Å². The van der Waals surface area contributed by atoms with E-state index in [0.29, 0.717) is 12.5 Å². The molecule has 3 amide bonds. The summed E-state index contributed by atoms with van der Waals surface area (Å²) in [6, 6.07) is -0.463. The average molecular weight is 295 g/mol. The van der Waals surface area contributed by atoms with E-state index in [9.17, 15) is 14.4 Å². The van der Waals surface area contributed by atoms with Gasteiger partial charge in [0.25, 0.3) is 0 Å². The molecule has 1 saturated heterocycles. The smallest absolute Gasteiger partial charge is 0.247 e. The molecule has 118 valence electrons. The van der Waals surface area contributed by atoms with Crippen molar-refractivity contribution in [1.82, 2.24) is 15.5 Å². The van der Waals surface area contributed by atoms with Crippen LogP contribution < -0.4 is 10.6 Å². The fraction of sp³-hybridized carbons (Fsp3) is 0.800. The summed E-state index contributed by atoms with van der Waals surface area (Å²) >= 11 is 0. The Morgan fingerprint density at radius 2 is 1.95 bits per heavy atom. The quantitative estimate of drug-likeness (QED) is 0.696. The van der Waals surface area contributed by atoms with Crippen LogP contribution in [0.5, 0.6) is 0 Å². The van der Waals surface area contributed by atoms with Gasteiger partial charge in [0.1, 0.15) is 0 Å². The topological polar surface area (TPSA) is 78.5 Å². The number of carbonyl (C=O) groups is 3. The summed E-state index contributed by atoms with van der Waals surface area (Å²) in [4.78, 5) is 37.4. The molecule has 1 aliphatic carbocycles. The van der Waals surface area contributed by atoms with Crippen LogP contribution in [0.2, 0.25) is 0 Å². The van der Waals surface area contributed by atoms with Crippen molar-refractivity contribution in [2.24, 2.45) is 5.92 Å². The number of carbonyl (C=O) groups excluding carboxylic acids is 3. The Balaban J connectivity index is 1.80. The molecule has 2 fully saturated rings. The minimum absolute atomic E-state index is 0.0755. The van der Waals surface area contributed by atoms with Gasteiger partial charge in [0.2, 0.25) is 17.7 Å². The zero-order chi connectivity index (χ0) is 15.4. The zero-order valence-electron chi connectivity index (χ0n) is 12.9. The van der Waals surface area contributed by atoms with E-state index >= 15 is 0 Å². The van der Waals surface area contributed by atoms with Crippen LogP contribution in [0, 0.1) is 5.92 Å². The van der Waals surface area contributed by atoms with Gasteiger partial charge in [0.15, 0.2) is 0 Å². The third-order valence-electron chi connectivity index (χ3n) is 4.09. The lowest BCUT2D eigenvalue weighted by atomic mass is 10.2. The molecule has 6 nitrogen and oxygen atoms in total. The second-order valence-electron chi connectivity index (χ2n) is 6.38. The zero-order valence-corrected chi connectivity index (χ0v) is 12.9. The predicted octanol–water partition coefficient (Wildman–Crippen LogP) is 0.418. The van der Waals surface area contributed by atoms with E-state index in [4.69, 9.17) is 0 Å². The van der Waals surface area contributed by atoms with Crippen LogP contribution in [0.4, 0.5) is 0 Å². The van der Waals surface area contributed by atoms with Gasteiger partial charge in [-0.3, -0.25) is 24.6 Å². The molecule has 0 spiro atoms. The molecule has 1 saturated carbocycles. The molecule has 21 heavy (non-hydrogen) atoms. The highest BCUT2D eigenvalue weighted by Crippen LogP contribution is 2.27. The molecule has 1 atom stereocenters. The van der Waals surface area contributed by atoms with Gasteiger partial charge in [-0.1, -0.05) is 26.7 Å². The number of nitrogens with zero attached hydrogens (tertiary/aromatic N) is 1. The van der Waals surface area contributed by atoms with Crippen molar-refractivity contribution in [2.45, 2.75) is 58.0 Å². The molecule has 2 N–H and O–H groups in total. The van der Waals surface area contributed by atoms with Crippen molar-refractivity contribution in [3.8, 4) is 0 Å². The minimum Gasteiger partial charge on any atom is -0.355 e. The maximum Gasteiger partial charge on any atom is 0.247 e. The summed E-state index contributed by atoms with van der Waals surface area (Å²) in [6.45, 7) is 4.74. The van der Waals surface area contributed by atoms with Gasteiger partial charge in [0, 0.05) is 12.6 Å². The summed E-state index contributed by atoms with van der Waals surface area (Å²) in [6.07, 6.45) is 4.17. The summed E-state index contributed by atoms with van der Waals surface area (Å²) in [7, 11) is 0. The first-order chi connectivity index (χ1) is 9.99. The van der Waals surface area contributed by atoms with Crippen molar-refractivity contribution < 1.29 is 14.4 Å². The van der Waals surface area contributed by atoms with E-state index in [0.717, 1.165) is 25.7 Å². The van der Waals surface area contributed by atoms with Crippen LogP contribution in [-0.4, -0.2) is 47.8 Å². The lowest BCUT2D eigenvalue weighted by Crippen LogP contribution is -2.45. The fourth-order valence-corrected chi connectivity index (χ4v) is 2.95. The summed E-state index contributed by atoms with van der Waals surface area (Å²) in [5, 5.41) is 5.70. The number of likely N-dealkylation sites (tertiary alicyclic amines) is 1. The Kier molecular flexibility index (Phi) is 5.33. The summed E-state index contributed by atoms with van der Waals surface area (Å²) in [5.74, 6) is -0.0136. The van der Waals surface area contributed by atoms with Gasteiger partial charge < -0.3 is 5.32 Å². The molecule has 0 bridgehead atoms. The van der Waals surface area contributed by atoms with E-state index in [-0.39, 0.29) is 36.7 Å². The molecule has 0 aromatic heterocycles. The molecular weight excluding hydrogens is 270 g/mol. The standard InChI is InChI=1S/C15H25N3O3/c1-10(2)8-17-13(19)9-16-12-7-14(20)18(15(12)21)11-5-3-4-6-11/h10-12,16H,3-9H2,1-2H3,(H,17,19). The number of amides is 3. The van der Waals surface area contributed by atoms with Crippen LogP contribution in [0.25, 0.3) is 0 Å². The SMILES string of the molecule is CC(C)CNC(=O)CNC1CC(=O)N(C2CCCC2)C1=O. The Hall–Kier alpha value is -1.43. The van der Waals surface area contributed by atoms with Crippen LogP contribution in [0.3, 0.4) is 0 Å². The molecular formula is C15H25N3O3. The van der Waals surface area contributed by atoms with Gasteiger partial charge in [-0.25, -0.2) is 0 Å². The minimum atomic E-state index is -0.539. The Labute approximate surface area is 125 Å². The Morgan fingerprint density at radius 1 is 1.29 bits per heavy atom. The molecule has 0 radical (unpaired) electrons. The van der Waals surface area contributed by atoms with Crippen molar-refractivity contribution in [3.63, 3.8) is 0 Å². The highest BCUT2D eigenvalue weighted by molar-refractivity contribution is 6.06. The lowest BCUT2D eigenvalue weighted by Gasteiger charge is -2.22. The number of hydrogen-bond acceptors (Lipinski definition) is 4. The van der Waals surface area contributed by atoms with E-state index in [2.05, 4.69) is 10.6 Å². The van der Waals surface area contributed by atoms with E-state index in [1.165, 1.54) is 4.90 Å². The van der Waals surface area contributed by atoms with Crippen molar-refractivity contribution in [2.75, 3.05) is 13.1 Å². The van der Waals surface area contributed by atoms with Crippen LogP contribution in [0.15, 0.2) is 0 Å². The van der Waals surface area contributed by atoms with Crippen molar-refractivity contribution in [3.05, 3.63) is 0 Å². The summed E-state index contributed by atoms with van der Waals surface area (Å²) < 4.78 is 0. The van der Waals surface area contributed by atoms with Gasteiger partial charge in [-0.2, -0.15) is 0 Å². The third-order valence-corrected chi connectivity index (χ3v) is 4.09. The number of nitrogens with one attached hydrogen (secondary N) is 2. The molecule has 1 unspecified atom stereocenters. The van der Waals surface area contributed by atoms with Crippen LogP contribution in [0.1, 0.15) is 46.0 Å². The monoisotopic (exact) mass is 295 g/mol. The first kappa shape index (κ1) is 15.9. The molecule has 2 rings (SSSR count). The number of rotatable bonds is 6. The molecule has 2 aliphatic rings. The Bertz CT molecular complexity index is 416. The Morgan fingerprint density at radius 3 is 2.57 bits per heavy atom.